The van der Waals surface area contributed by atoms with Crippen LogP contribution in [0.25, 0.3) is 11.1 Å². The number of carbonyl (C=O) groups is 2. The van der Waals surface area contributed by atoms with Crippen LogP contribution in [-0.2, 0) is 11.3 Å². The molecule has 2 aliphatic rings. The van der Waals surface area contributed by atoms with E-state index >= 15 is 0 Å². The molecule has 0 atom stereocenters. The zero-order valence-corrected chi connectivity index (χ0v) is 18.0. The van der Waals surface area contributed by atoms with E-state index in [9.17, 15) is 9.59 Å². The van der Waals surface area contributed by atoms with Crippen molar-refractivity contribution in [1.82, 2.24) is 14.7 Å². The van der Waals surface area contributed by atoms with Crippen LogP contribution >= 0.6 is 0 Å². The number of amides is 2. The third-order valence-corrected chi connectivity index (χ3v) is 6.61. The van der Waals surface area contributed by atoms with E-state index in [2.05, 4.69) is 29.2 Å². The van der Waals surface area contributed by atoms with E-state index in [-0.39, 0.29) is 11.9 Å². The van der Waals surface area contributed by atoms with E-state index in [4.69, 9.17) is 0 Å². The minimum absolute atomic E-state index is 0.0940. The van der Waals surface area contributed by atoms with Crippen molar-refractivity contribution in [2.24, 2.45) is 0 Å². The van der Waals surface area contributed by atoms with Gasteiger partial charge >= 0.3 is 0 Å². The molecule has 5 rings (SSSR count). The highest BCUT2D eigenvalue weighted by atomic mass is 16.2. The van der Waals surface area contributed by atoms with Gasteiger partial charge in [0.05, 0.1) is 6.04 Å². The zero-order chi connectivity index (χ0) is 21.9. The molecule has 2 saturated heterocycles. The zero-order valence-electron chi connectivity index (χ0n) is 18.0. The molecule has 0 saturated carbocycles. The molecule has 0 spiro atoms. The first-order chi connectivity index (χ1) is 15.7. The van der Waals surface area contributed by atoms with Gasteiger partial charge in [-0.1, -0.05) is 72.8 Å². The Hall–Kier alpha value is -3.44. The second kappa shape index (κ2) is 8.97. The lowest BCUT2D eigenvalue weighted by atomic mass is 9.97. The predicted molar refractivity (Wildman–Crippen MR) is 125 cm³/mol. The molecule has 0 bridgehead atoms. The molecule has 0 unspecified atom stereocenters. The van der Waals surface area contributed by atoms with Crippen LogP contribution in [0.5, 0.6) is 0 Å². The summed E-state index contributed by atoms with van der Waals surface area (Å²) < 4.78 is 0. The number of nitrogens with zero attached hydrogens (tertiary/aromatic N) is 3. The largest absolute Gasteiger partial charge is 0.335 e. The minimum Gasteiger partial charge on any atom is -0.335 e. The summed E-state index contributed by atoms with van der Waals surface area (Å²) in [7, 11) is 0. The van der Waals surface area contributed by atoms with Gasteiger partial charge in [0.25, 0.3) is 5.91 Å². The predicted octanol–water partition coefficient (Wildman–Crippen LogP) is 3.52. The fourth-order valence-corrected chi connectivity index (χ4v) is 4.51. The standard InChI is InChI=1S/C27H27N3O2/c31-20-30(15-21-7-3-1-4-8-21)26-16-28(17-26)25-18-29(19-25)27(32)24-13-11-23(12-14-24)22-9-5-2-6-10-22/h1-14,20,25-26H,15-19H2. The van der Waals surface area contributed by atoms with Crippen LogP contribution in [0.3, 0.4) is 0 Å². The number of likely N-dealkylation sites (tertiary alicyclic amines) is 2. The van der Waals surface area contributed by atoms with Gasteiger partial charge < -0.3 is 9.80 Å². The summed E-state index contributed by atoms with van der Waals surface area (Å²) in [6, 6.07) is 28.8. The van der Waals surface area contributed by atoms with Crippen molar-refractivity contribution in [3.8, 4) is 11.1 Å². The summed E-state index contributed by atoms with van der Waals surface area (Å²) >= 11 is 0. The second-order valence-corrected chi connectivity index (χ2v) is 8.68. The Bertz CT molecular complexity index is 1060. The Morgan fingerprint density at radius 3 is 2.03 bits per heavy atom. The molecular formula is C27H27N3O2. The first-order valence-corrected chi connectivity index (χ1v) is 11.1. The lowest BCUT2D eigenvalue weighted by Crippen LogP contribution is -2.70. The van der Waals surface area contributed by atoms with Crippen molar-refractivity contribution in [2.45, 2.75) is 18.6 Å². The molecule has 0 N–H and O–H groups in total. The Labute approximate surface area is 188 Å². The van der Waals surface area contributed by atoms with Crippen molar-refractivity contribution >= 4 is 12.3 Å². The van der Waals surface area contributed by atoms with Crippen LogP contribution in [0, 0.1) is 0 Å². The maximum atomic E-state index is 12.8. The van der Waals surface area contributed by atoms with Crippen molar-refractivity contribution < 1.29 is 9.59 Å². The molecule has 2 heterocycles. The summed E-state index contributed by atoms with van der Waals surface area (Å²) in [4.78, 5) is 30.6. The highest BCUT2D eigenvalue weighted by molar-refractivity contribution is 5.95. The van der Waals surface area contributed by atoms with Crippen molar-refractivity contribution in [2.75, 3.05) is 26.2 Å². The lowest BCUT2D eigenvalue weighted by Gasteiger charge is -2.53. The summed E-state index contributed by atoms with van der Waals surface area (Å²) in [5.74, 6) is 0.0940. The van der Waals surface area contributed by atoms with Crippen LogP contribution < -0.4 is 0 Å². The van der Waals surface area contributed by atoms with E-state index in [1.807, 2.05) is 70.5 Å². The van der Waals surface area contributed by atoms with Gasteiger partial charge in [-0.3, -0.25) is 14.5 Å². The third-order valence-electron chi connectivity index (χ3n) is 6.61. The Balaban J connectivity index is 1.10. The van der Waals surface area contributed by atoms with E-state index in [0.717, 1.165) is 54.8 Å². The van der Waals surface area contributed by atoms with Gasteiger partial charge in [-0.05, 0) is 28.8 Å². The number of benzene rings is 3. The van der Waals surface area contributed by atoms with Gasteiger partial charge in [0.1, 0.15) is 0 Å². The fourth-order valence-electron chi connectivity index (χ4n) is 4.51. The molecule has 0 radical (unpaired) electrons. The molecular weight excluding hydrogens is 398 g/mol. The van der Waals surface area contributed by atoms with Gasteiger partial charge in [0.2, 0.25) is 6.41 Å². The Morgan fingerprint density at radius 1 is 0.812 bits per heavy atom. The van der Waals surface area contributed by atoms with Crippen LogP contribution in [-0.4, -0.2) is 65.3 Å². The topological polar surface area (TPSA) is 43.9 Å². The maximum Gasteiger partial charge on any atom is 0.253 e. The van der Waals surface area contributed by atoms with Gasteiger partial charge in [-0.25, -0.2) is 0 Å². The molecule has 3 aromatic carbocycles. The third kappa shape index (κ3) is 4.16. The molecule has 5 heteroatoms. The van der Waals surface area contributed by atoms with Gasteiger partial charge in [-0.2, -0.15) is 0 Å². The van der Waals surface area contributed by atoms with E-state index < -0.39 is 0 Å². The highest BCUT2D eigenvalue weighted by Gasteiger charge is 2.42. The molecule has 32 heavy (non-hydrogen) atoms. The second-order valence-electron chi connectivity index (χ2n) is 8.68. The van der Waals surface area contributed by atoms with Crippen molar-refractivity contribution in [1.29, 1.82) is 0 Å². The molecule has 0 aromatic heterocycles. The molecule has 0 aliphatic carbocycles. The average Bonchev–Trinajstić information content (AvgIpc) is 2.79. The van der Waals surface area contributed by atoms with Crippen molar-refractivity contribution in [3.63, 3.8) is 0 Å². The molecule has 3 aromatic rings. The summed E-state index contributed by atoms with van der Waals surface area (Å²) in [5.41, 5.74) is 4.15. The number of hydrogen-bond donors (Lipinski definition) is 0. The SMILES string of the molecule is O=CN(Cc1ccccc1)C1CN(C2CN(C(=O)c3ccc(-c4ccccc4)cc3)C2)C1. The van der Waals surface area contributed by atoms with Crippen LogP contribution in [0.15, 0.2) is 84.9 Å². The summed E-state index contributed by atoms with van der Waals surface area (Å²) in [6.07, 6.45) is 0.963. The number of rotatable bonds is 7. The van der Waals surface area contributed by atoms with Gasteiger partial charge in [0, 0.05) is 44.3 Å². The minimum atomic E-state index is 0.0940. The smallest absolute Gasteiger partial charge is 0.253 e. The first kappa shape index (κ1) is 20.5. The highest BCUT2D eigenvalue weighted by Crippen LogP contribution is 2.26. The Morgan fingerprint density at radius 2 is 1.41 bits per heavy atom. The molecule has 5 nitrogen and oxygen atoms in total. The lowest BCUT2D eigenvalue weighted by molar-refractivity contribution is -0.126. The molecule has 2 aliphatic heterocycles. The quantitative estimate of drug-likeness (QED) is 0.544. The van der Waals surface area contributed by atoms with Crippen molar-refractivity contribution in [3.05, 3.63) is 96.1 Å². The monoisotopic (exact) mass is 425 g/mol. The van der Waals surface area contributed by atoms with Gasteiger partial charge in [-0.15, -0.1) is 0 Å². The molecule has 2 fully saturated rings. The maximum absolute atomic E-state index is 12.8. The van der Waals surface area contributed by atoms with Crippen LogP contribution in [0.2, 0.25) is 0 Å². The van der Waals surface area contributed by atoms with E-state index in [0.29, 0.717) is 12.6 Å². The van der Waals surface area contributed by atoms with E-state index in [1.165, 1.54) is 0 Å². The van der Waals surface area contributed by atoms with Crippen LogP contribution in [0.4, 0.5) is 0 Å². The molecule has 162 valence electrons. The molecule has 2 amide bonds. The first-order valence-electron chi connectivity index (χ1n) is 11.1. The fraction of sp³-hybridized carbons (Fsp3) is 0.259. The van der Waals surface area contributed by atoms with Crippen LogP contribution in [0.1, 0.15) is 15.9 Å². The number of hydrogen-bond acceptors (Lipinski definition) is 3. The Kier molecular flexibility index (Phi) is 5.73. The van der Waals surface area contributed by atoms with E-state index in [1.54, 1.807) is 0 Å². The average molecular weight is 426 g/mol. The normalized spacial score (nSPS) is 16.8. The summed E-state index contributed by atoms with van der Waals surface area (Å²) in [5, 5.41) is 0. The number of carbonyl (C=O) groups excluding carboxylic acids is 2. The summed E-state index contributed by atoms with van der Waals surface area (Å²) in [6.45, 7) is 3.92. The van der Waals surface area contributed by atoms with Gasteiger partial charge in [0.15, 0.2) is 0 Å².